The average Bonchev–Trinajstić information content (AvgIpc) is 3.07. The zero-order valence-electron chi connectivity index (χ0n) is 15.7. The molecule has 0 saturated carbocycles. The minimum atomic E-state index is -0.426. The lowest BCUT2D eigenvalue weighted by Gasteiger charge is -2.32. The number of benzene rings is 1. The fourth-order valence-corrected chi connectivity index (χ4v) is 4.30. The van der Waals surface area contributed by atoms with E-state index in [0.29, 0.717) is 29.0 Å². The molecule has 8 nitrogen and oxygen atoms in total. The highest BCUT2D eigenvalue weighted by Gasteiger charge is 2.37. The number of hydrogen-bond donors (Lipinski definition) is 1. The Morgan fingerprint density at radius 1 is 1.32 bits per heavy atom. The highest BCUT2D eigenvalue weighted by atomic mass is 32.2. The van der Waals surface area contributed by atoms with E-state index >= 15 is 0 Å². The van der Waals surface area contributed by atoms with Gasteiger partial charge in [0, 0.05) is 35.6 Å². The molecule has 1 atom stereocenters. The first-order valence-corrected chi connectivity index (χ1v) is 10.3. The van der Waals surface area contributed by atoms with Gasteiger partial charge in [0.15, 0.2) is 5.78 Å². The van der Waals surface area contributed by atoms with Crippen molar-refractivity contribution in [2.24, 2.45) is 5.92 Å². The number of ketones is 1. The lowest BCUT2D eigenvalue weighted by molar-refractivity contribution is -0.384. The standard InChI is InChI=1S/C19H21N5O3S/c1-11(2)10-28-19-21-18-20-14-4-3-5-15(25)16(14)17(23(18)22-19)12-6-8-13(9-7-12)24(26)27/h6-9,11,17H,3-5,10H2,1-2H3,(H,20,21,22)/t17-/m1/s1. The number of nitro groups is 1. The van der Waals surface area contributed by atoms with Crippen molar-refractivity contribution in [3.8, 4) is 0 Å². The van der Waals surface area contributed by atoms with Gasteiger partial charge in [-0.25, -0.2) is 4.68 Å². The number of aromatic nitrogens is 3. The van der Waals surface area contributed by atoms with Crippen LogP contribution in [-0.2, 0) is 4.79 Å². The Kier molecular flexibility index (Phi) is 4.92. The van der Waals surface area contributed by atoms with Gasteiger partial charge < -0.3 is 5.32 Å². The first-order valence-electron chi connectivity index (χ1n) is 9.31. The molecule has 1 aliphatic carbocycles. The normalized spacial score (nSPS) is 18.7. The van der Waals surface area contributed by atoms with Crippen LogP contribution in [0.2, 0.25) is 0 Å². The van der Waals surface area contributed by atoms with Crippen LogP contribution < -0.4 is 5.32 Å². The first kappa shape index (κ1) is 18.7. The van der Waals surface area contributed by atoms with Crippen LogP contribution in [0, 0.1) is 16.0 Å². The zero-order valence-corrected chi connectivity index (χ0v) is 16.5. The SMILES string of the molecule is CC(C)CSc1nc2n(n1)[C@H](c1ccc([N+](=O)[O-])cc1)C1=C(CCCC1=O)N2. The van der Waals surface area contributed by atoms with E-state index in [1.54, 1.807) is 28.6 Å². The van der Waals surface area contributed by atoms with E-state index in [9.17, 15) is 14.9 Å². The largest absolute Gasteiger partial charge is 0.328 e. The number of carbonyl (C=O) groups excluding carboxylic acids is 1. The molecule has 0 fully saturated rings. The number of fused-ring (bicyclic) bond motifs is 1. The number of non-ortho nitro benzene ring substituents is 1. The van der Waals surface area contributed by atoms with Crippen LogP contribution >= 0.6 is 11.8 Å². The molecule has 0 spiro atoms. The molecule has 0 unspecified atom stereocenters. The number of nitro benzene ring substituents is 1. The predicted molar refractivity (Wildman–Crippen MR) is 106 cm³/mol. The van der Waals surface area contributed by atoms with Crippen molar-refractivity contribution in [3.05, 3.63) is 51.2 Å². The van der Waals surface area contributed by atoms with Gasteiger partial charge >= 0.3 is 0 Å². The van der Waals surface area contributed by atoms with Gasteiger partial charge in [-0.2, -0.15) is 4.98 Å². The third kappa shape index (κ3) is 3.42. The Bertz CT molecular complexity index is 964. The van der Waals surface area contributed by atoms with Gasteiger partial charge in [-0.15, -0.1) is 5.10 Å². The molecule has 0 bridgehead atoms. The summed E-state index contributed by atoms with van der Waals surface area (Å²) in [6.45, 7) is 4.28. The highest BCUT2D eigenvalue weighted by Crippen LogP contribution is 2.40. The molecule has 146 valence electrons. The van der Waals surface area contributed by atoms with E-state index < -0.39 is 11.0 Å². The Morgan fingerprint density at radius 2 is 2.07 bits per heavy atom. The van der Waals surface area contributed by atoms with Crippen molar-refractivity contribution in [1.82, 2.24) is 14.8 Å². The van der Waals surface area contributed by atoms with Crippen molar-refractivity contribution in [1.29, 1.82) is 0 Å². The zero-order chi connectivity index (χ0) is 19.8. The number of carbonyl (C=O) groups is 1. The Balaban J connectivity index is 1.77. The number of nitrogens with zero attached hydrogens (tertiary/aromatic N) is 4. The lowest BCUT2D eigenvalue weighted by Crippen LogP contribution is -2.31. The number of thioether (sulfide) groups is 1. The summed E-state index contributed by atoms with van der Waals surface area (Å²) in [6.07, 6.45) is 2.09. The van der Waals surface area contributed by atoms with Crippen molar-refractivity contribution in [3.63, 3.8) is 0 Å². The minimum absolute atomic E-state index is 0.0221. The summed E-state index contributed by atoms with van der Waals surface area (Å²) in [5.41, 5.74) is 2.40. The second-order valence-electron chi connectivity index (χ2n) is 7.41. The minimum Gasteiger partial charge on any atom is -0.328 e. The molecule has 2 aromatic rings. The number of allylic oxidation sites excluding steroid dienone is 2. The second kappa shape index (κ2) is 7.38. The maximum atomic E-state index is 12.7. The van der Waals surface area contributed by atoms with Crippen LogP contribution in [-0.4, -0.2) is 31.2 Å². The van der Waals surface area contributed by atoms with Gasteiger partial charge in [-0.3, -0.25) is 14.9 Å². The maximum absolute atomic E-state index is 12.7. The summed E-state index contributed by atoms with van der Waals surface area (Å²) in [6, 6.07) is 5.92. The number of anilines is 1. The van der Waals surface area contributed by atoms with Gasteiger partial charge in [0.2, 0.25) is 11.1 Å². The molecular formula is C19H21N5O3S. The van der Waals surface area contributed by atoms with Crippen molar-refractivity contribution < 1.29 is 9.72 Å². The van der Waals surface area contributed by atoms with Crippen molar-refractivity contribution >= 4 is 29.2 Å². The number of nitrogens with one attached hydrogen (secondary N) is 1. The molecule has 0 amide bonds. The molecular weight excluding hydrogens is 378 g/mol. The Morgan fingerprint density at radius 3 is 2.75 bits per heavy atom. The molecule has 28 heavy (non-hydrogen) atoms. The van der Waals surface area contributed by atoms with Gasteiger partial charge in [0.25, 0.3) is 5.69 Å². The van der Waals surface area contributed by atoms with Crippen LogP contribution in [0.3, 0.4) is 0 Å². The van der Waals surface area contributed by atoms with Crippen molar-refractivity contribution in [2.75, 3.05) is 11.1 Å². The van der Waals surface area contributed by atoms with E-state index in [1.165, 1.54) is 12.1 Å². The number of Topliss-reactive ketones (excluding diaryl/α,β-unsaturated/α-hetero) is 1. The molecule has 1 aliphatic heterocycles. The molecule has 1 aromatic heterocycles. The molecule has 2 heterocycles. The summed E-state index contributed by atoms with van der Waals surface area (Å²) in [7, 11) is 0. The van der Waals surface area contributed by atoms with E-state index in [1.807, 2.05) is 0 Å². The summed E-state index contributed by atoms with van der Waals surface area (Å²) in [4.78, 5) is 27.9. The Labute approximate surface area is 166 Å². The fourth-order valence-electron chi connectivity index (χ4n) is 3.53. The number of rotatable bonds is 5. The first-order chi connectivity index (χ1) is 13.4. The van der Waals surface area contributed by atoms with E-state index in [4.69, 9.17) is 0 Å². The third-order valence-corrected chi connectivity index (χ3v) is 6.08. The van der Waals surface area contributed by atoms with Gasteiger partial charge in [-0.05, 0) is 36.5 Å². The maximum Gasteiger partial charge on any atom is 0.269 e. The summed E-state index contributed by atoms with van der Waals surface area (Å²) in [5, 5.41) is 19.6. The van der Waals surface area contributed by atoms with E-state index in [0.717, 1.165) is 29.9 Å². The average molecular weight is 399 g/mol. The Hall–Kier alpha value is -2.68. The topological polar surface area (TPSA) is 103 Å². The van der Waals surface area contributed by atoms with Gasteiger partial charge in [-0.1, -0.05) is 25.6 Å². The predicted octanol–water partition coefficient (Wildman–Crippen LogP) is 3.96. The second-order valence-corrected chi connectivity index (χ2v) is 8.40. The highest BCUT2D eigenvalue weighted by molar-refractivity contribution is 7.99. The van der Waals surface area contributed by atoms with E-state index in [-0.39, 0.29) is 11.5 Å². The van der Waals surface area contributed by atoms with Crippen molar-refractivity contribution in [2.45, 2.75) is 44.3 Å². The van der Waals surface area contributed by atoms with Gasteiger partial charge in [0.05, 0.1) is 4.92 Å². The summed E-state index contributed by atoms with van der Waals surface area (Å²) in [5.74, 6) is 2.12. The van der Waals surface area contributed by atoms with Crippen LogP contribution in [0.1, 0.15) is 44.7 Å². The smallest absolute Gasteiger partial charge is 0.269 e. The molecule has 1 aromatic carbocycles. The van der Waals surface area contributed by atoms with Gasteiger partial charge in [0.1, 0.15) is 6.04 Å². The lowest BCUT2D eigenvalue weighted by atomic mass is 9.85. The third-order valence-electron chi connectivity index (χ3n) is 4.81. The molecule has 2 aliphatic rings. The van der Waals surface area contributed by atoms with E-state index in [2.05, 4.69) is 29.2 Å². The van der Waals surface area contributed by atoms with Crippen LogP contribution in [0.5, 0.6) is 0 Å². The summed E-state index contributed by atoms with van der Waals surface area (Å²) < 4.78 is 1.74. The van der Waals surface area contributed by atoms with Crippen LogP contribution in [0.15, 0.2) is 40.7 Å². The van der Waals surface area contributed by atoms with Crippen LogP contribution in [0.25, 0.3) is 0 Å². The molecule has 1 N–H and O–H groups in total. The fraction of sp³-hybridized carbons (Fsp3) is 0.421. The molecule has 0 radical (unpaired) electrons. The molecule has 0 saturated heterocycles. The molecule has 4 rings (SSSR count). The molecule has 9 heteroatoms. The quantitative estimate of drug-likeness (QED) is 0.461. The summed E-state index contributed by atoms with van der Waals surface area (Å²) >= 11 is 1.58. The number of hydrogen-bond acceptors (Lipinski definition) is 7. The van der Waals surface area contributed by atoms with Crippen LogP contribution in [0.4, 0.5) is 11.6 Å². The monoisotopic (exact) mass is 399 g/mol.